The Labute approximate surface area is 332 Å². The fourth-order valence-electron chi connectivity index (χ4n) is 5.57. The molecule has 0 saturated heterocycles. The Morgan fingerprint density at radius 3 is 1.15 bits per heavy atom. The summed E-state index contributed by atoms with van der Waals surface area (Å²) in [7, 11) is 0. The molecule has 0 rings (SSSR count). The molecule has 308 valence electrons. The first-order chi connectivity index (χ1) is 26.5. The van der Waals surface area contributed by atoms with Crippen molar-refractivity contribution in [3.05, 3.63) is 72.9 Å². The second-order valence-corrected chi connectivity index (χ2v) is 14.2. The average Bonchev–Trinajstić information content (AvgIpc) is 3.17. The Kier molecular flexibility index (Phi) is 40.1. The monoisotopic (exact) mass is 753 g/mol. The maximum absolute atomic E-state index is 12.7. The third-order valence-corrected chi connectivity index (χ3v) is 8.91. The molecule has 0 aromatic carbocycles. The molecule has 0 aliphatic heterocycles. The Morgan fingerprint density at radius 2 is 0.722 bits per heavy atom. The van der Waals surface area contributed by atoms with Gasteiger partial charge in [-0.3, -0.25) is 14.4 Å². The van der Waals surface area contributed by atoms with Crippen molar-refractivity contribution in [3.63, 3.8) is 0 Å². The number of ether oxygens (including phenoxy) is 3. The minimum Gasteiger partial charge on any atom is -0.462 e. The van der Waals surface area contributed by atoms with Gasteiger partial charge < -0.3 is 14.2 Å². The van der Waals surface area contributed by atoms with Gasteiger partial charge in [0.1, 0.15) is 13.2 Å². The molecule has 1 unspecified atom stereocenters. The first-order valence-corrected chi connectivity index (χ1v) is 21.9. The highest BCUT2D eigenvalue weighted by atomic mass is 16.6. The van der Waals surface area contributed by atoms with Crippen LogP contribution in [0.15, 0.2) is 72.9 Å². The topological polar surface area (TPSA) is 78.9 Å². The van der Waals surface area contributed by atoms with Crippen molar-refractivity contribution in [3.8, 4) is 0 Å². The van der Waals surface area contributed by atoms with E-state index in [9.17, 15) is 14.4 Å². The summed E-state index contributed by atoms with van der Waals surface area (Å²) in [4.78, 5) is 37.6. The molecule has 0 aliphatic carbocycles. The first-order valence-electron chi connectivity index (χ1n) is 21.9. The van der Waals surface area contributed by atoms with E-state index in [0.29, 0.717) is 19.3 Å². The van der Waals surface area contributed by atoms with Gasteiger partial charge in [0.25, 0.3) is 0 Å². The number of hydrogen-bond donors (Lipinski definition) is 0. The molecule has 0 spiro atoms. The van der Waals surface area contributed by atoms with Crippen molar-refractivity contribution in [2.75, 3.05) is 13.2 Å². The van der Waals surface area contributed by atoms with Crippen molar-refractivity contribution in [2.45, 2.75) is 200 Å². The van der Waals surface area contributed by atoms with E-state index in [-0.39, 0.29) is 31.1 Å². The molecular formula is C48H80O6. The van der Waals surface area contributed by atoms with Gasteiger partial charge in [0.2, 0.25) is 0 Å². The molecule has 0 aliphatic rings. The van der Waals surface area contributed by atoms with Crippen LogP contribution in [0, 0.1) is 0 Å². The molecule has 54 heavy (non-hydrogen) atoms. The minimum absolute atomic E-state index is 0.0976. The molecule has 0 heterocycles. The van der Waals surface area contributed by atoms with Gasteiger partial charge >= 0.3 is 17.9 Å². The van der Waals surface area contributed by atoms with E-state index >= 15 is 0 Å². The van der Waals surface area contributed by atoms with E-state index in [4.69, 9.17) is 14.2 Å². The fraction of sp³-hybridized carbons (Fsp3) is 0.688. The zero-order chi connectivity index (χ0) is 39.4. The van der Waals surface area contributed by atoms with Crippen molar-refractivity contribution >= 4 is 17.9 Å². The summed E-state index contributed by atoms with van der Waals surface area (Å²) in [6, 6.07) is 0. The normalized spacial score (nSPS) is 12.7. The van der Waals surface area contributed by atoms with Gasteiger partial charge in [0.05, 0.1) is 0 Å². The highest BCUT2D eigenvalue weighted by Crippen LogP contribution is 2.12. The molecule has 6 heteroatoms. The van der Waals surface area contributed by atoms with Gasteiger partial charge in [-0.15, -0.1) is 0 Å². The predicted octanol–water partition coefficient (Wildman–Crippen LogP) is 13.9. The number of esters is 3. The summed E-state index contributed by atoms with van der Waals surface area (Å²) in [5.74, 6) is -0.965. The standard InChI is InChI=1S/C48H80O6/c1-4-7-10-13-16-19-22-23-24-25-26-27-30-32-35-38-41-47(50)53-44-45(54-48(51)42-39-36-33-29-21-18-15-12-9-6-3)43-52-46(49)40-37-34-31-28-20-17-14-11-8-5-2/h7,10,14-19,23-24,26-27,45H,4-6,8-9,11-13,20-22,25,28-44H2,1-3H3/b10-7-,17-14-,18-15-,19-16-,24-23-,27-26-. The molecule has 0 fully saturated rings. The molecule has 0 radical (unpaired) electrons. The van der Waals surface area contributed by atoms with Crippen LogP contribution < -0.4 is 0 Å². The summed E-state index contributed by atoms with van der Waals surface area (Å²) < 4.78 is 16.6. The van der Waals surface area contributed by atoms with Crippen molar-refractivity contribution in [2.24, 2.45) is 0 Å². The predicted molar refractivity (Wildman–Crippen MR) is 228 cm³/mol. The summed E-state index contributed by atoms with van der Waals surface area (Å²) in [5.41, 5.74) is 0. The van der Waals surface area contributed by atoms with Crippen LogP contribution >= 0.6 is 0 Å². The molecule has 1 atom stereocenters. The maximum Gasteiger partial charge on any atom is 0.306 e. The summed E-state index contributed by atoms with van der Waals surface area (Å²) in [6.07, 6.45) is 51.7. The number of carbonyl (C=O) groups excluding carboxylic acids is 3. The Balaban J connectivity index is 4.44. The van der Waals surface area contributed by atoms with E-state index in [1.54, 1.807) is 0 Å². The third kappa shape index (κ3) is 40.0. The third-order valence-electron chi connectivity index (χ3n) is 8.91. The zero-order valence-electron chi connectivity index (χ0n) is 35.0. The Hall–Kier alpha value is -3.15. The number of carbonyl (C=O) groups is 3. The second-order valence-electron chi connectivity index (χ2n) is 14.2. The van der Waals surface area contributed by atoms with Gasteiger partial charge in [-0.05, 0) is 96.3 Å². The molecule has 0 bridgehead atoms. The van der Waals surface area contributed by atoms with Crippen LogP contribution in [0.25, 0.3) is 0 Å². The second kappa shape index (κ2) is 42.6. The van der Waals surface area contributed by atoms with Crippen LogP contribution in [0.3, 0.4) is 0 Å². The first kappa shape index (κ1) is 50.9. The van der Waals surface area contributed by atoms with Gasteiger partial charge in [0, 0.05) is 19.3 Å². The van der Waals surface area contributed by atoms with Crippen LogP contribution in [0.4, 0.5) is 0 Å². The van der Waals surface area contributed by atoms with Crippen molar-refractivity contribution < 1.29 is 28.6 Å². The summed E-state index contributed by atoms with van der Waals surface area (Å²) in [5, 5.41) is 0. The quantitative estimate of drug-likeness (QED) is 0.0270. The van der Waals surface area contributed by atoms with E-state index in [1.165, 1.54) is 25.7 Å². The highest BCUT2D eigenvalue weighted by molar-refractivity contribution is 5.71. The average molecular weight is 753 g/mol. The van der Waals surface area contributed by atoms with Gasteiger partial charge in [-0.1, -0.05) is 151 Å². The molecule has 0 N–H and O–H groups in total. The number of rotatable bonds is 38. The zero-order valence-corrected chi connectivity index (χ0v) is 35.0. The van der Waals surface area contributed by atoms with Crippen LogP contribution in [-0.2, 0) is 28.6 Å². The van der Waals surface area contributed by atoms with Gasteiger partial charge in [-0.25, -0.2) is 0 Å². The molecule has 0 amide bonds. The molecule has 0 saturated carbocycles. The molecule has 6 nitrogen and oxygen atoms in total. The lowest BCUT2D eigenvalue weighted by Crippen LogP contribution is -2.30. The lowest BCUT2D eigenvalue weighted by Gasteiger charge is -2.18. The summed E-state index contributed by atoms with van der Waals surface area (Å²) in [6.45, 7) is 6.36. The number of allylic oxidation sites excluding steroid dienone is 12. The Morgan fingerprint density at radius 1 is 0.389 bits per heavy atom. The number of unbranched alkanes of at least 4 members (excludes halogenated alkanes) is 15. The highest BCUT2D eigenvalue weighted by Gasteiger charge is 2.19. The van der Waals surface area contributed by atoms with E-state index in [1.807, 2.05) is 0 Å². The van der Waals surface area contributed by atoms with Crippen LogP contribution in [0.5, 0.6) is 0 Å². The largest absolute Gasteiger partial charge is 0.462 e. The number of hydrogen-bond acceptors (Lipinski definition) is 6. The van der Waals surface area contributed by atoms with Gasteiger partial charge in [0.15, 0.2) is 6.10 Å². The fourth-order valence-corrected chi connectivity index (χ4v) is 5.57. The minimum atomic E-state index is -0.795. The van der Waals surface area contributed by atoms with Crippen LogP contribution in [0.2, 0.25) is 0 Å². The van der Waals surface area contributed by atoms with E-state index in [2.05, 4.69) is 93.7 Å². The lowest BCUT2D eigenvalue weighted by atomic mass is 10.1. The smallest absolute Gasteiger partial charge is 0.306 e. The summed E-state index contributed by atoms with van der Waals surface area (Å²) >= 11 is 0. The molecule has 0 aromatic heterocycles. The Bertz CT molecular complexity index is 1050. The van der Waals surface area contributed by atoms with Crippen LogP contribution in [0.1, 0.15) is 194 Å². The molecular weight excluding hydrogens is 673 g/mol. The van der Waals surface area contributed by atoms with Crippen molar-refractivity contribution in [1.29, 1.82) is 0 Å². The van der Waals surface area contributed by atoms with Crippen molar-refractivity contribution in [1.82, 2.24) is 0 Å². The van der Waals surface area contributed by atoms with Gasteiger partial charge in [-0.2, -0.15) is 0 Å². The van der Waals surface area contributed by atoms with Crippen LogP contribution in [-0.4, -0.2) is 37.2 Å². The lowest BCUT2D eigenvalue weighted by molar-refractivity contribution is -0.167. The molecule has 0 aromatic rings. The van der Waals surface area contributed by atoms with E-state index in [0.717, 1.165) is 128 Å². The van der Waals surface area contributed by atoms with E-state index < -0.39 is 6.10 Å². The SMILES string of the molecule is CC/C=C\C/C=C\C/C=C\C/C=C\CCCCCC(=O)OCC(COC(=O)CCCCCC/C=C\CCCC)OC(=O)CCCCCC/C=C\CCCC. The maximum atomic E-state index is 12.7.